The van der Waals surface area contributed by atoms with Gasteiger partial charge in [0.2, 0.25) is 0 Å². The van der Waals surface area contributed by atoms with Crippen molar-refractivity contribution in [1.82, 2.24) is 0 Å². The summed E-state index contributed by atoms with van der Waals surface area (Å²) in [5, 5.41) is 10.6. The molecular formula is C78H152O17P2. The lowest BCUT2D eigenvalue weighted by Crippen LogP contribution is -2.30. The van der Waals surface area contributed by atoms with Crippen molar-refractivity contribution < 1.29 is 80.2 Å². The molecule has 97 heavy (non-hydrogen) atoms. The molecule has 0 saturated heterocycles. The van der Waals surface area contributed by atoms with E-state index < -0.39 is 97.5 Å². The van der Waals surface area contributed by atoms with Crippen molar-refractivity contribution in [3.63, 3.8) is 0 Å². The molecule has 17 nitrogen and oxygen atoms in total. The van der Waals surface area contributed by atoms with Crippen LogP contribution in [0.4, 0.5) is 0 Å². The Balaban J connectivity index is 5.24. The third-order valence-corrected chi connectivity index (χ3v) is 20.2. The maximum atomic E-state index is 13.1. The Hall–Kier alpha value is -1.94. The first kappa shape index (κ1) is 95.1. The van der Waals surface area contributed by atoms with Crippen LogP contribution in [0, 0.1) is 5.92 Å². The van der Waals surface area contributed by atoms with Crippen molar-refractivity contribution in [3.8, 4) is 0 Å². The van der Waals surface area contributed by atoms with Crippen molar-refractivity contribution in [2.75, 3.05) is 39.6 Å². The molecule has 0 aliphatic carbocycles. The first-order chi connectivity index (χ1) is 47.0. The van der Waals surface area contributed by atoms with Gasteiger partial charge in [-0.2, -0.15) is 0 Å². The molecule has 0 aromatic carbocycles. The van der Waals surface area contributed by atoms with Crippen LogP contribution in [-0.2, 0) is 65.4 Å². The monoisotopic (exact) mass is 1420 g/mol. The molecule has 0 heterocycles. The van der Waals surface area contributed by atoms with Gasteiger partial charge in [0, 0.05) is 25.7 Å². The van der Waals surface area contributed by atoms with E-state index >= 15 is 0 Å². The Morgan fingerprint density at radius 2 is 0.474 bits per heavy atom. The molecule has 0 aromatic rings. The fraction of sp³-hybridized carbons (Fsp3) is 0.949. The van der Waals surface area contributed by atoms with Gasteiger partial charge < -0.3 is 33.8 Å². The Morgan fingerprint density at radius 3 is 0.701 bits per heavy atom. The highest BCUT2D eigenvalue weighted by atomic mass is 31.2. The number of carbonyl (C=O) groups is 4. The minimum atomic E-state index is -4.96. The molecule has 0 fully saturated rings. The predicted molar refractivity (Wildman–Crippen MR) is 395 cm³/mol. The summed E-state index contributed by atoms with van der Waals surface area (Å²) in [5.41, 5.74) is 0. The van der Waals surface area contributed by atoms with Gasteiger partial charge in [-0.05, 0) is 31.6 Å². The molecule has 0 rings (SSSR count). The van der Waals surface area contributed by atoms with E-state index in [1.165, 1.54) is 238 Å². The Bertz CT molecular complexity index is 1860. The molecule has 5 atom stereocenters. The largest absolute Gasteiger partial charge is 0.472 e. The minimum Gasteiger partial charge on any atom is -0.462 e. The summed E-state index contributed by atoms with van der Waals surface area (Å²) in [6.07, 6.45) is 60.9. The van der Waals surface area contributed by atoms with Crippen LogP contribution >= 0.6 is 15.6 Å². The predicted octanol–water partition coefficient (Wildman–Crippen LogP) is 23.3. The van der Waals surface area contributed by atoms with Crippen LogP contribution < -0.4 is 0 Å². The van der Waals surface area contributed by atoms with E-state index in [0.29, 0.717) is 25.7 Å². The van der Waals surface area contributed by atoms with Crippen molar-refractivity contribution in [1.29, 1.82) is 0 Å². The minimum absolute atomic E-state index is 0.108. The number of phosphoric acid groups is 2. The fourth-order valence-electron chi connectivity index (χ4n) is 12.1. The number of ether oxygens (including phenoxy) is 4. The van der Waals surface area contributed by atoms with E-state index in [1.54, 1.807) is 0 Å². The summed E-state index contributed by atoms with van der Waals surface area (Å²) in [4.78, 5) is 72.9. The number of phosphoric ester groups is 2. The van der Waals surface area contributed by atoms with Crippen molar-refractivity contribution in [2.45, 2.75) is 432 Å². The van der Waals surface area contributed by atoms with Gasteiger partial charge in [-0.15, -0.1) is 0 Å². The van der Waals surface area contributed by atoms with E-state index in [9.17, 15) is 43.2 Å². The first-order valence-electron chi connectivity index (χ1n) is 40.6. The number of aliphatic hydroxyl groups excluding tert-OH is 1. The van der Waals surface area contributed by atoms with E-state index in [2.05, 4.69) is 34.6 Å². The van der Waals surface area contributed by atoms with Gasteiger partial charge in [-0.3, -0.25) is 37.3 Å². The highest BCUT2D eigenvalue weighted by Gasteiger charge is 2.30. The lowest BCUT2D eigenvalue weighted by molar-refractivity contribution is -0.161. The Kier molecular flexibility index (Phi) is 69.6. The summed E-state index contributed by atoms with van der Waals surface area (Å²) in [5.74, 6) is -1.31. The highest BCUT2D eigenvalue weighted by molar-refractivity contribution is 7.47. The maximum Gasteiger partial charge on any atom is 0.472 e. The van der Waals surface area contributed by atoms with Crippen LogP contribution in [-0.4, -0.2) is 96.7 Å². The molecule has 0 spiro atoms. The molecule has 0 aromatic heterocycles. The van der Waals surface area contributed by atoms with E-state index in [1.807, 2.05) is 0 Å². The van der Waals surface area contributed by atoms with Crippen LogP contribution in [0.1, 0.15) is 413 Å². The number of rotatable bonds is 78. The third-order valence-electron chi connectivity index (χ3n) is 18.3. The summed E-state index contributed by atoms with van der Waals surface area (Å²) in [7, 11) is -9.91. The molecule has 0 saturated carbocycles. The van der Waals surface area contributed by atoms with Crippen LogP contribution in [0.3, 0.4) is 0 Å². The zero-order valence-corrected chi connectivity index (χ0v) is 65.0. The molecule has 0 bridgehead atoms. The normalized spacial score (nSPS) is 13.9. The lowest BCUT2D eigenvalue weighted by atomic mass is 10.0. The highest BCUT2D eigenvalue weighted by Crippen LogP contribution is 2.45. The second-order valence-electron chi connectivity index (χ2n) is 28.6. The third kappa shape index (κ3) is 72.2. The topological polar surface area (TPSA) is 237 Å². The first-order valence-corrected chi connectivity index (χ1v) is 43.6. The smallest absolute Gasteiger partial charge is 0.462 e. The Morgan fingerprint density at radius 1 is 0.278 bits per heavy atom. The quantitative estimate of drug-likeness (QED) is 0.0222. The fourth-order valence-corrected chi connectivity index (χ4v) is 13.6. The second kappa shape index (κ2) is 71.1. The van der Waals surface area contributed by atoms with Crippen molar-refractivity contribution in [2.24, 2.45) is 5.92 Å². The van der Waals surface area contributed by atoms with E-state index in [4.69, 9.17) is 37.0 Å². The number of carbonyl (C=O) groups excluding carboxylic acids is 4. The summed E-state index contributed by atoms with van der Waals surface area (Å²) >= 11 is 0. The van der Waals surface area contributed by atoms with Gasteiger partial charge in [0.15, 0.2) is 12.2 Å². The zero-order valence-electron chi connectivity index (χ0n) is 63.2. The molecule has 0 aliphatic rings. The van der Waals surface area contributed by atoms with E-state index in [-0.39, 0.29) is 25.7 Å². The number of hydrogen-bond acceptors (Lipinski definition) is 15. The van der Waals surface area contributed by atoms with Gasteiger partial charge in [-0.1, -0.05) is 362 Å². The SMILES string of the molecule is CCCCCCCCCCCCCCCCCCC(=O)OC[C@H](COP(=O)(O)OC[C@@H](O)COP(=O)(O)OC[C@@H](COC(=O)CCCCCCCCCCCC)OC(=O)CCCCCCCCCCCCCCCC)OC(=O)CCCCCCCCCCCCCCCCC(C)C. The molecule has 0 aliphatic heterocycles. The van der Waals surface area contributed by atoms with Crippen LogP contribution in [0.2, 0.25) is 0 Å². The van der Waals surface area contributed by atoms with Gasteiger partial charge in [0.1, 0.15) is 19.3 Å². The van der Waals surface area contributed by atoms with Gasteiger partial charge >= 0.3 is 39.5 Å². The molecule has 0 radical (unpaired) electrons. The number of aliphatic hydroxyl groups is 1. The van der Waals surface area contributed by atoms with Gasteiger partial charge in [0.25, 0.3) is 0 Å². The number of unbranched alkanes of at least 4 members (excludes halogenated alkanes) is 50. The van der Waals surface area contributed by atoms with Crippen molar-refractivity contribution >= 4 is 39.5 Å². The zero-order chi connectivity index (χ0) is 71.2. The summed E-state index contributed by atoms with van der Waals surface area (Å²) < 4.78 is 68.6. The molecule has 576 valence electrons. The number of hydrogen-bond donors (Lipinski definition) is 3. The van der Waals surface area contributed by atoms with E-state index in [0.717, 1.165) is 95.8 Å². The molecule has 19 heteroatoms. The molecular weight excluding hydrogens is 1270 g/mol. The molecule has 2 unspecified atom stereocenters. The number of esters is 4. The average molecular weight is 1420 g/mol. The average Bonchev–Trinajstić information content (AvgIpc) is 2.20. The maximum absolute atomic E-state index is 13.1. The van der Waals surface area contributed by atoms with Crippen LogP contribution in [0.5, 0.6) is 0 Å². The lowest BCUT2D eigenvalue weighted by Gasteiger charge is -2.21. The van der Waals surface area contributed by atoms with Crippen molar-refractivity contribution in [3.05, 3.63) is 0 Å². The molecule has 3 N–H and O–H groups in total. The van der Waals surface area contributed by atoms with Gasteiger partial charge in [0.05, 0.1) is 26.4 Å². The standard InChI is InChI=1S/C78H152O17P2/c1-6-9-12-15-18-21-24-26-28-29-34-37-42-47-52-57-62-76(81)89-68-74(95-78(83)64-59-54-49-44-39-35-31-30-32-36-40-45-50-55-60-71(4)5)70-93-97(86,87)91-66-72(79)65-90-96(84,85)92-69-73(67-88-75(80)61-56-51-46-41-23-20-17-14-11-8-3)94-77(82)63-58-53-48-43-38-33-27-25-22-19-16-13-10-7-2/h71-74,79H,6-70H2,1-5H3,(H,84,85)(H,86,87)/t72-,73+,74+/m0/s1. The second-order valence-corrected chi connectivity index (χ2v) is 31.5. The Labute approximate surface area is 594 Å². The van der Waals surface area contributed by atoms with Gasteiger partial charge in [-0.25, -0.2) is 9.13 Å². The summed E-state index contributed by atoms with van der Waals surface area (Å²) in [6, 6.07) is 0. The molecule has 0 amide bonds. The summed E-state index contributed by atoms with van der Waals surface area (Å²) in [6.45, 7) is 7.33. The van der Waals surface area contributed by atoms with Crippen LogP contribution in [0.25, 0.3) is 0 Å². The van der Waals surface area contributed by atoms with Crippen LogP contribution in [0.15, 0.2) is 0 Å².